The number of aromatic nitrogens is 2. The molecule has 0 bridgehead atoms. The molecule has 2 rings (SSSR count). The van der Waals surface area contributed by atoms with Crippen molar-refractivity contribution in [1.82, 2.24) is 20.2 Å². The number of hydrogen-bond acceptors (Lipinski definition) is 4. The van der Waals surface area contributed by atoms with E-state index < -0.39 is 0 Å². The number of rotatable bonds is 9. The fourth-order valence-corrected chi connectivity index (χ4v) is 3.29. The Morgan fingerprint density at radius 1 is 1.31 bits per heavy atom. The lowest BCUT2D eigenvalue weighted by atomic mass is 10.2. The maximum atomic E-state index is 11.7. The monoisotopic (exact) mass is 375 g/mol. The Morgan fingerprint density at radius 3 is 2.85 bits per heavy atom. The predicted molar refractivity (Wildman–Crippen MR) is 109 cm³/mol. The average Bonchev–Trinajstić information content (AvgIpc) is 3.10. The molecule has 0 saturated carbocycles. The first-order valence-corrected chi connectivity index (χ1v) is 10.1. The SMILES string of the molecule is CCNC(=NCc1nc(C(C)C)cs1)NCCCCn1ccccc1=O. The van der Waals surface area contributed by atoms with Crippen LogP contribution < -0.4 is 16.2 Å². The first kappa shape index (κ1) is 20.2. The number of hydrogen-bond donors (Lipinski definition) is 2. The van der Waals surface area contributed by atoms with Crippen LogP contribution in [0.15, 0.2) is 39.6 Å². The minimum atomic E-state index is 0.0552. The summed E-state index contributed by atoms with van der Waals surface area (Å²) in [4.78, 5) is 20.9. The molecule has 142 valence electrons. The fraction of sp³-hybridized carbons (Fsp3) is 0.526. The van der Waals surface area contributed by atoms with Crippen molar-refractivity contribution in [3.63, 3.8) is 0 Å². The fourth-order valence-electron chi connectivity index (χ4n) is 2.41. The van der Waals surface area contributed by atoms with Gasteiger partial charge < -0.3 is 15.2 Å². The van der Waals surface area contributed by atoms with Crippen LogP contribution in [0, 0.1) is 0 Å². The lowest BCUT2D eigenvalue weighted by Gasteiger charge is -2.11. The van der Waals surface area contributed by atoms with Gasteiger partial charge in [-0.1, -0.05) is 19.9 Å². The molecule has 2 aromatic heterocycles. The van der Waals surface area contributed by atoms with Crippen LogP contribution in [0.1, 0.15) is 50.2 Å². The van der Waals surface area contributed by atoms with Crippen LogP contribution in [0.25, 0.3) is 0 Å². The molecule has 0 radical (unpaired) electrons. The number of aliphatic imine (C=N–C) groups is 1. The Morgan fingerprint density at radius 2 is 2.15 bits per heavy atom. The molecular weight excluding hydrogens is 346 g/mol. The molecule has 0 spiro atoms. The second-order valence-electron chi connectivity index (χ2n) is 6.38. The van der Waals surface area contributed by atoms with Gasteiger partial charge in [-0.05, 0) is 31.7 Å². The second kappa shape index (κ2) is 10.8. The van der Waals surface area contributed by atoms with E-state index in [0.717, 1.165) is 49.1 Å². The maximum Gasteiger partial charge on any atom is 0.250 e. The normalized spacial score (nSPS) is 11.8. The summed E-state index contributed by atoms with van der Waals surface area (Å²) >= 11 is 1.66. The van der Waals surface area contributed by atoms with Gasteiger partial charge in [0.25, 0.3) is 0 Å². The number of nitrogens with one attached hydrogen (secondary N) is 2. The van der Waals surface area contributed by atoms with E-state index in [2.05, 4.69) is 46.8 Å². The van der Waals surface area contributed by atoms with Crippen molar-refractivity contribution in [3.05, 3.63) is 50.8 Å². The van der Waals surface area contributed by atoms with Gasteiger partial charge in [0.05, 0.1) is 12.2 Å². The van der Waals surface area contributed by atoms with Crippen molar-refractivity contribution in [2.75, 3.05) is 13.1 Å². The third kappa shape index (κ3) is 6.63. The van der Waals surface area contributed by atoms with Gasteiger partial charge in [-0.3, -0.25) is 4.79 Å². The van der Waals surface area contributed by atoms with Crippen LogP contribution in [-0.4, -0.2) is 28.6 Å². The lowest BCUT2D eigenvalue weighted by Crippen LogP contribution is -2.37. The van der Waals surface area contributed by atoms with Gasteiger partial charge in [0.2, 0.25) is 5.56 Å². The molecular formula is C19H29N5OS. The summed E-state index contributed by atoms with van der Waals surface area (Å²) in [5.41, 5.74) is 1.19. The summed E-state index contributed by atoms with van der Waals surface area (Å²) in [6, 6.07) is 5.25. The quantitative estimate of drug-likeness (QED) is 0.402. The molecule has 0 aromatic carbocycles. The van der Waals surface area contributed by atoms with Crippen molar-refractivity contribution in [3.8, 4) is 0 Å². The van der Waals surface area contributed by atoms with E-state index in [9.17, 15) is 4.79 Å². The van der Waals surface area contributed by atoms with Crippen molar-refractivity contribution >= 4 is 17.3 Å². The van der Waals surface area contributed by atoms with E-state index >= 15 is 0 Å². The number of thiazole rings is 1. The number of aryl methyl sites for hydroxylation is 1. The highest BCUT2D eigenvalue weighted by atomic mass is 32.1. The molecule has 0 aliphatic heterocycles. The van der Waals surface area contributed by atoms with Crippen LogP contribution >= 0.6 is 11.3 Å². The van der Waals surface area contributed by atoms with Crippen molar-refractivity contribution in [2.24, 2.45) is 4.99 Å². The molecule has 2 aromatic rings. The van der Waals surface area contributed by atoms with Crippen molar-refractivity contribution in [1.29, 1.82) is 0 Å². The van der Waals surface area contributed by atoms with E-state index in [0.29, 0.717) is 12.5 Å². The molecule has 0 aliphatic rings. The van der Waals surface area contributed by atoms with Gasteiger partial charge in [-0.15, -0.1) is 11.3 Å². The van der Waals surface area contributed by atoms with Gasteiger partial charge in [0, 0.05) is 37.3 Å². The van der Waals surface area contributed by atoms with Crippen molar-refractivity contribution in [2.45, 2.75) is 52.6 Å². The zero-order chi connectivity index (χ0) is 18.8. The predicted octanol–water partition coefficient (Wildman–Crippen LogP) is 2.96. The molecule has 0 fully saturated rings. The zero-order valence-electron chi connectivity index (χ0n) is 15.9. The number of nitrogens with zero attached hydrogens (tertiary/aromatic N) is 3. The lowest BCUT2D eigenvalue weighted by molar-refractivity contribution is 0.585. The smallest absolute Gasteiger partial charge is 0.250 e. The third-order valence-corrected chi connectivity index (χ3v) is 4.75. The van der Waals surface area contributed by atoms with E-state index in [1.54, 1.807) is 28.0 Å². The van der Waals surface area contributed by atoms with Gasteiger partial charge in [0.1, 0.15) is 5.01 Å². The van der Waals surface area contributed by atoms with Gasteiger partial charge >= 0.3 is 0 Å². The minimum absolute atomic E-state index is 0.0552. The Hall–Kier alpha value is -2.15. The Balaban J connectivity index is 1.76. The van der Waals surface area contributed by atoms with Gasteiger partial charge in [-0.25, -0.2) is 9.98 Å². The molecule has 0 aliphatic carbocycles. The highest BCUT2D eigenvalue weighted by molar-refractivity contribution is 7.09. The van der Waals surface area contributed by atoms with Crippen LogP contribution in [-0.2, 0) is 13.1 Å². The third-order valence-electron chi connectivity index (χ3n) is 3.89. The Bertz CT molecular complexity index is 750. The average molecular weight is 376 g/mol. The van der Waals surface area contributed by atoms with Gasteiger partial charge in [-0.2, -0.15) is 0 Å². The summed E-state index contributed by atoms with van der Waals surface area (Å²) in [7, 11) is 0. The highest BCUT2D eigenvalue weighted by Gasteiger charge is 2.05. The first-order chi connectivity index (χ1) is 12.6. The molecule has 26 heavy (non-hydrogen) atoms. The standard InChI is InChI=1S/C19H29N5OS/c1-4-20-19(22-13-17-23-16(14-26-17)15(2)3)21-10-6-8-12-24-11-7-5-9-18(24)25/h5,7,9,11,14-15H,4,6,8,10,12-13H2,1-3H3,(H2,20,21,22). The highest BCUT2D eigenvalue weighted by Crippen LogP contribution is 2.18. The van der Waals surface area contributed by atoms with Crippen LogP contribution in [0.3, 0.4) is 0 Å². The number of pyridine rings is 1. The summed E-state index contributed by atoms with van der Waals surface area (Å²) in [5, 5.41) is 9.76. The van der Waals surface area contributed by atoms with E-state index in [1.807, 2.05) is 12.3 Å². The first-order valence-electron chi connectivity index (χ1n) is 9.22. The summed E-state index contributed by atoms with van der Waals surface area (Å²) in [5.74, 6) is 1.26. The summed E-state index contributed by atoms with van der Waals surface area (Å²) in [6.45, 7) is 9.33. The van der Waals surface area contributed by atoms with Crippen LogP contribution in [0.2, 0.25) is 0 Å². The molecule has 6 nitrogen and oxygen atoms in total. The molecule has 0 amide bonds. The minimum Gasteiger partial charge on any atom is -0.357 e. The number of guanidine groups is 1. The molecule has 0 saturated heterocycles. The van der Waals surface area contributed by atoms with E-state index in [1.165, 1.54) is 0 Å². The number of unbranched alkanes of at least 4 members (excludes halogenated alkanes) is 1. The second-order valence-corrected chi connectivity index (χ2v) is 7.32. The largest absolute Gasteiger partial charge is 0.357 e. The van der Waals surface area contributed by atoms with E-state index in [-0.39, 0.29) is 5.56 Å². The van der Waals surface area contributed by atoms with Crippen LogP contribution in [0.5, 0.6) is 0 Å². The Labute approximate surface area is 159 Å². The molecule has 7 heteroatoms. The van der Waals surface area contributed by atoms with Gasteiger partial charge in [0.15, 0.2) is 5.96 Å². The topological polar surface area (TPSA) is 71.3 Å². The van der Waals surface area contributed by atoms with Crippen LogP contribution in [0.4, 0.5) is 0 Å². The summed E-state index contributed by atoms with van der Waals surface area (Å²) in [6.07, 6.45) is 3.75. The molecule has 0 atom stereocenters. The maximum absolute atomic E-state index is 11.7. The zero-order valence-corrected chi connectivity index (χ0v) is 16.7. The Kier molecular flexibility index (Phi) is 8.34. The van der Waals surface area contributed by atoms with Crippen molar-refractivity contribution < 1.29 is 0 Å². The molecule has 0 unspecified atom stereocenters. The molecule has 2 N–H and O–H groups in total. The molecule has 2 heterocycles. The summed E-state index contributed by atoms with van der Waals surface area (Å²) < 4.78 is 1.74. The van der Waals surface area contributed by atoms with E-state index in [4.69, 9.17) is 0 Å².